The lowest BCUT2D eigenvalue weighted by atomic mass is 10.1. The van der Waals surface area contributed by atoms with E-state index in [-0.39, 0.29) is 16.1 Å². The van der Waals surface area contributed by atoms with Crippen LogP contribution in [0.5, 0.6) is 0 Å². The second-order valence-electron chi connectivity index (χ2n) is 4.65. The lowest BCUT2D eigenvalue weighted by Crippen LogP contribution is -2.34. The minimum Gasteiger partial charge on any atom is -0.243 e. The molecule has 0 spiro atoms. The highest BCUT2D eigenvalue weighted by molar-refractivity contribution is 7.89. The molecule has 0 aliphatic heterocycles. The van der Waals surface area contributed by atoms with Gasteiger partial charge < -0.3 is 0 Å². The molecule has 4 nitrogen and oxygen atoms in total. The van der Waals surface area contributed by atoms with Crippen LogP contribution in [0.2, 0.25) is 10.2 Å². The summed E-state index contributed by atoms with van der Waals surface area (Å²) in [5, 5.41) is 0.609. The topological polar surface area (TPSA) is 59.1 Å². The fourth-order valence-corrected chi connectivity index (χ4v) is 3.74. The van der Waals surface area contributed by atoms with Crippen LogP contribution >= 0.6 is 23.2 Å². The minimum atomic E-state index is -3.69. The van der Waals surface area contributed by atoms with Crippen molar-refractivity contribution in [1.82, 2.24) is 9.71 Å². The van der Waals surface area contributed by atoms with E-state index in [1.54, 1.807) is 19.1 Å². The number of hydrogen-bond donors (Lipinski definition) is 1. The Morgan fingerprint density at radius 1 is 1.19 bits per heavy atom. The predicted molar refractivity (Wildman–Crippen MR) is 84.2 cm³/mol. The third-order valence-corrected chi connectivity index (χ3v) is 5.11. The molecule has 2 rings (SSSR count). The van der Waals surface area contributed by atoms with Gasteiger partial charge in [0.2, 0.25) is 10.0 Å². The van der Waals surface area contributed by atoms with Crippen molar-refractivity contribution in [2.24, 2.45) is 0 Å². The molecule has 1 atom stereocenters. The number of nitrogens with zero attached hydrogens (tertiary/aromatic N) is 1. The van der Waals surface area contributed by atoms with E-state index < -0.39 is 10.0 Å². The maximum atomic E-state index is 12.3. The first-order valence-electron chi connectivity index (χ1n) is 6.26. The molecule has 2 aromatic rings. The first kappa shape index (κ1) is 16.2. The fourth-order valence-electron chi connectivity index (χ4n) is 1.92. The van der Waals surface area contributed by atoms with Gasteiger partial charge in [-0.05, 0) is 43.2 Å². The Labute approximate surface area is 134 Å². The van der Waals surface area contributed by atoms with Gasteiger partial charge in [0.1, 0.15) is 10.0 Å². The zero-order chi connectivity index (χ0) is 15.5. The highest BCUT2D eigenvalue weighted by atomic mass is 35.5. The van der Waals surface area contributed by atoms with Crippen LogP contribution in [0.25, 0.3) is 0 Å². The Bertz CT molecular complexity index is 718. The highest BCUT2D eigenvalue weighted by Crippen LogP contribution is 2.18. The predicted octanol–water partition coefficient (Wildman–Crippen LogP) is 3.30. The third-order valence-electron chi connectivity index (χ3n) is 2.83. The molecule has 1 aromatic heterocycles. The maximum absolute atomic E-state index is 12.3. The molecule has 0 aliphatic rings. The molecule has 112 valence electrons. The molecule has 0 saturated heterocycles. The summed E-state index contributed by atoms with van der Waals surface area (Å²) in [7, 11) is -3.69. The van der Waals surface area contributed by atoms with E-state index in [1.807, 2.05) is 12.1 Å². The summed E-state index contributed by atoms with van der Waals surface area (Å²) in [5.41, 5.74) is 0.992. The van der Waals surface area contributed by atoms with E-state index in [4.69, 9.17) is 23.2 Å². The standard InChI is InChI=1S/C14H14Cl2N2O2S/c1-10(9-11-4-6-12(15)7-5-11)18-21(19,20)13-3-2-8-17-14(13)16/h2-8,10,18H,9H2,1H3. The second kappa shape index (κ2) is 6.75. The van der Waals surface area contributed by atoms with Crippen molar-refractivity contribution in [1.29, 1.82) is 0 Å². The van der Waals surface area contributed by atoms with Crippen molar-refractivity contribution in [3.63, 3.8) is 0 Å². The number of aromatic nitrogens is 1. The fraction of sp³-hybridized carbons (Fsp3) is 0.214. The average Bonchev–Trinajstić information content (AvgIpc) is 2.41. The van der Waals surface area contributed by atoms with Gasteiger partial charge in [-0.15, -0.1) is 0 Å². The lowest BCUT2D eigenvalue weighted by Gasteiger charge is -2.14. The summed E-state index contributed by atoms with van der Waals surface area (Å²) in [5.74, 6) is 0. The molecule has 1 unspecified atom stereocenters. The van der Waals surface area contributed by atoms with E-state index in [2.05, 4.69) is 9.71 Å². The van der Waals surface area contributed by atoms with Gasteiger partial charge in [-0.1, -0.05) is 35.3 Å². The molecule has 0 aliphatic carbocycles. The molecule has 7 heteroatoms. The summed E-state index contributed by atoms with van der Waals surface area (Å²) in [6.45, 7) is 1.79. The van der Waals surface area contributed by atoms with Gasteiger partial charge in [0, 0.05) is 17.3 Å². The van der Waals surface area contributed by atoms with Gasteiger partial charge in [-0.25, -0.2) is 18.1 Å². The maximum Gasteiger partial charge on any atom is 0.243 e. The number of halogens is 2. The minimum absolute atomic E-state index is 0.0189. The van der Waals surface area contributed by atoms with E-state index >= 15 is 0 Å². The summed E-state index contributed by atoms with van der Waals surface area (Å²) in [6, 6.07) is 9.95. The molecule has 0 radical (unpaired) electrons. The Kier molecular flexibility index (Phi) is 5.22. The summed E-state index contributed by atoms with van der Waals surface area (Å²) >= 11 is 11.6. The average molecular weight is 345 g/mol. The van der Waals surface area contributed by atoms with E-state index in [0.29, 0.717) is 11.4 Å². The van der Waals surface area contributed by atoms with Crippen LogP contribution in [0.1, 0.15) is 12.5 Å². The van der Waals surface area contributed by atoms with Gasteiger partial charge in [0.15, 0.2) is 0 Å². The zero-order valence-corrected chi connectivity index (χ0v) is 13.6. The van der Waals surface area contributed by atoms with Crippen LogP contribution in [0.3, 0.4) is 0 Å². The molecule has 1 heterocycles. The van der Waals surface area contributed by atoms with Crippen LogP contribution in [-0.4, -0.2) is 19.4 Å². The molecule has 0 bridgehead atoms. The summed E-state index contributed by atoms with van der Waals surface area (Å²) in [6.07, 6.45) is 1.99. The van der Waals surface area contributed by atoms with Crippen molar-refractivity contribution in [2.75, 3.05) is 0 Å². The smallest absolute Gasteiger partial charge is 0.243 e. The molecule has 1 N–H and O–H groups in total. The van der Waals surface area contributed by atoms with Crippen molar-refractivity contribution in [2.45, 2.75) is 24.3 Å². The van der Waals surface area contributed by atoms with Crippen LogP contribution in [0.4, 0.5) is 0 Å². The molecule has 1 aromatic carbocycles. The van der Waals surface area contributed by atoms with Crippen LogP contribution < -0.4 is 4.72 Å². The number of benzene rings is 1. The summed E-state index contributed by atoms with van der Waals surface area (Å²) in [4.78, 5) is 3.76. The summed E-state index contributed by atoms with van der Waals surface area (Å²) < 4.78 is 27.1. The van der Waals surface area contributed by atoms with E-state index in [9.17, 15) is 8.42 Å². The van der Waals surface area contributed by atoms with Gasteiger partial charge in [-0.2, -0.15) is 0 Å². The highest BCUT2D eigenvalue weighted by Gasteiger charge is 2.20. The Morgan fingerprint density at radius 2 is 1.86 bits per heavy atom. The number of hydrogen-bond acceptors (Lipinski definition) is 3. The number of sulfonamides is 1. The second-order valence-corrected chi connectivity index (χ2v) is 7.12. The van der Waals surface area contributed by atoms with Crippen molar-refractivity contribution in [3.8, 4) is 0 Å². The Balaban J connectivity index is 2.10. The van der Waals surface area contributed by atoms with Crippen molar-refractivity contribution in [3.05, 3.63) is 58.3 Å². The number of nitrogens with one attached hydrogen (secondary N) is 1. The molecular formula is C14H14Cl2N2O2S. The molecular weight excluding hydrogens is 331 g/mol. The number of pyridine rings is 1. The SMILES string of the molecule is CC(Cc1ccc(Cl)cc1)NS(=O)(=O)c1cccnc1Cl. The monoisotopic (exact) mass is 344 g/mol. The van der Waals surface area contributed by atoms with Crippen LogP contribution in [0.15, 0.2) is 47.5 Å². The lowest BCUT2D eigenvalue weighted by molar-refractivity contribution is 0.559. The number of rotatable bonds is 5. The Morgan fingerprint density at radius 3 is 2.48 bits per heavy atom. The first-order valence-corrected chi connectivity index (χ1v) is 8.49. The third kappa shape index (κ3) is 4.41. The molecule has 0 saturated carbocycles. The van der Waals surface area contributed by atoms with E-state index in [0.717, 1.165) is 5.56 Å². The quantitative estimate of drug-likeness (QED) is 0.846. The van der Waals surface area contributed by atoms with Crippen molar-refractivity contribution < 1.29 is 8.42 Å². The Hall–Kier alpha value is -1.14. The van der Waals surface area contributed by atoms with Gasteiger partial charge in [-0.3, -0.25) is 0 Å². The molecule has 21 heavy (non-hydrogen) atoms. The van der Waals surface area contributed by atoms with E-state index in [1.165, 1.54) is 18.3 Å². The normalized spacial score (nSPS) is 13.1. The van der Waals surface area contributed by atoms with Gasteiger partial charge >= 0.3 is 0 Å². The first-order chi connectivity index (χ1) is 9.88. The molecule has 0 amide bonds. The van der Waals surface area contributed by atoms with Crippen LogP contribution in [-0.2, 0) is 16.4 Å². The zero-order valence-electron chi connectivity index (χ0n) is 11.3. The van der Waals surface area contributed by atoms with Crippen LogP contribution in [0, 0.1) is 0 Å². The van der Waals surface area contributed by atoms with Crippen molar-refractivity contribution >= 4 is 33.2 Å². The van der Waals surface area contributed by atoms with Gasteiger partial charge in [0.05, 0.1) is 0 Å². The van der Waals surface area contributed by atoms with Gasteiger partial charge in [0.25, 0.3) is 0 Å². The largest absolute Gasteiger partial charge is 0.243 e. The molecule has 0 fully saturated rings.